The number of likely N-dealkylation sites (tertiary alicyclic amines) is 1. The molecule has 0 aromatic heterocycles. The maximum atomic E-state index is 13.4. The highest BCUT2D eigenvalue weighted by Crippen LogP contribution is 2.44. The van der Waals surface area contributed by atoms with Gasteiger partial charge in [-0.2, -0.15) is 4.40 Å². The van der Waals surface area contributed by atoms with Crippen molar-refractivity contribution in [3.05, 3.63) is 34.9 Å². The molecular weight excluding hydrogens is 370 g/mol. The molecule has 1 unspecified atom stereocenters. The Hall–Kier alpha value is -1.53. The monoisotopic (exact) mass is 395 g/mol. The van der Waals surface area contributed by atoms with Gasteiger partial charge in [-0.05, 0) is 44.4 Å². The number of rotatable bonds is 6. The Balaban J connectivity index is 2.28. The molecule has 1 fully saturated rings. The number of carbonyl (C=O) groups is 2. The molecule has 0 radical (unpaired) electrons. The Morgan fingerprint density at radius 3 is 2.65 bits per heavy atom. The quantitative estimate of drug-likeness (QED) is 0.338. The lowest BCUT2D eigenvalue weighted by atomic mass is 9.74. The first-order valence-electron chi connectivity index (χ1n) is 8.74. The molecule has 0 aliphatic carbocycles. The van der Waals surface area contributed by atoms with Crippen LogP contribution in [0.5, 0.6) is 0 Å². The number of hydrogen-bond donors (Lipinski definition) is 1. The number of benzene rings is 1. The molecule has 1 N–H and O–H groups in total. The van der Waals surface area contributed by atoms with Crippen LogP contribution in [0.1, 0.15) is 51.6 Å². The standard InChI is InChI=1S/C19H26ClN3O2S/c1-13(2)23-16(14-5-7-15(20)8-6-14)9-10-19(3,18(23)25)11-17(21-4)22-26-12-24/h5-8,12-13,16H,9-11H2,1-4H3,(H,21,22)/t16?,19-/m1/s1. The first-order chi connectivity index (χ1) is 12.3. The average Bonchev–Trinajstić information content (AvgIpc) is 2.61. The topological polar surface area (TPSA) is 61.8 Å². The molecule has 1 heterocycles. The van der Waals surface area contributed by atoms with Gasteiger partial charge >= 0.3 is 0 Å². The lowest BCUT2D eigenvalue weighted by Crippen LogP contribution is -2.52. The molecule has 26 heavy (non-hydrogen) atoms. The summed E-state index contributed by atoms with van der Waals surface area (Å²) < 4.78 is 4.16. The van der Waals surface area contributed by atoms with E-state index in [0.29, 0.717) is 22.9 Å². The second-order valence-corrected chi connectivity index (χ2v) is 8.16. The second-order valence-electron chi connectivity index (χ2n) is 7.14. The zero-order valence-corrected chi connectivity index (χ0v) is 17.2. The first kappa shape index (κ1) is 20.8. The summed E-state index contributed by atoms with van der Waals surface area (Å²) >= 11 is 6.85. The predicted octanol–water partition coefficient (Wildman–Crippen LogP) is 4.26. The maximum Gasteiger partial charge on any atom is 0.229 e. The highest BCUT2D eigenvalue weighted by atomic mass is 35.5. The molecular formula is C19H26ClN3O2S. The van der Waals surface area contributed by atoms with Crippen LogP contribution in [0.15, 0.2) is 28.7 Å². The molecule has 1 aliphatic heterocycles. The summed E-state index contributed by atoms with van der Waals surface area (Å²) in [6.45, 7) is 6.07. The van der Waals surface area contributed by atoms with E-state index in [-0.39, 0.29) is 18.0 Å². The van der Waals surface area contributed by atoms with Crippen LogP contribution in [0.3, 0.4) is 0 Å². The molecule has 1 aromatic carbocycles. The fourth-order valence-corrected chi connectivity index (χ4v) is 4.00. The van der Waals surface area contributed by atoms with Crippen LogP contribution in [0.25, 0.3) is 0 Å². The Morgan fingerprint density at radius 1 is 1.46 bits per heavy atom. The zero-order chi connectivity index (χ0) is 19.3. The van der Waals surface area contributed by atoms with Crippen molar-refractivity contribution in [3.63, 3.8) is 0 Å². The third kappa shape index (κ3) is 4.60. The largest absolute Gasteiger partial charge is 0.376 e. The summed E-state index contributed by atoms with van der Waals surface area (Å²) in [5.41, 5.74) is 1.25. The van der Waals surface area contributed by atoms with Crippen LogP contribution < -0.4 is 5.32 Å². The van der Waals surface area contributed by atoms with Crippen LogP contribution in [0.2, 0.25) is 5.02 Å². The summed E-state index contributed by atoms with van der Waals surface area (Å²) in [5.74, 6) is 0.782. The van der Waals surface area contributed by atoms with Crippen molar-refractivity contribution in [2.24, 2.45) is 9.81 Å². The van der Waals surface area contributed by atoms with Gasteiger partial charge in [-0.1, -0.05) is 30.7 Å². The van der Waals surface area contributed by atoms with Gasteiger partial charge in [0.05, 0.1) is 11.5 Å². The number of halogens is 1. The Morgan fingerprint density at radius 2 is 2.12 bits per heavy atom. The lowest BCUT2D eigenvalue weighted by molar-refractivity contribution is -0.151. The molecule has 7 heteroatoms. The van der Waals surface area contributed by atoms with Gasteiger partial charge < -0.3 is 10.2 Å². The number of amidine groups is 1. The Kier molecular flexibility index (Phi) is 7.12. The predicted molar refractivity (Wildman–Crippen MR) is 109 cm³/mol. The van der Waals surface area contributed by atoms with E-state index in [0.717, 1.165) is 30.4 Å². The van der Waals surface area contributed by atoms with Gasteiger partial charge in [-0.15, -0.1) is 0 Å². The minimum absolute atomic E-state index is 0.0483. The molecule has 1 saturated heterocycles. The van der Waals surface area contributed by atoms with E-state index < -0.39 is 5.41 Å². The van der Waals surface area contributed by atoms with E-state index in [1.54, 1.807) is 7.05 Å². The van der Waals surface area contributed by atoms with E-state index in [4.69, 9.17) is 11.6 Å². The molecule has 1 aromatic rings. The SMILES string of the molecule is CN/C(C[C@@]1(C)CCC(c2ccc(Cl)cc2)N(C(C)C)C1=O)=N\SC=O. The molecule has 5 nitrogen and oxygen atoms in total. The van der Waals surface area contributed by atoms with Crippen molar-refractivity contribution in [2.75, 3.05) is 7.05 Å². The summed E-state index contributed by atoms with van der Waals surface area (Å²) in [5, 5.41) is 3.70. The van der Waals surface area contributed by atoms with Crippen molar-refractivity contribution in [1.82, 2.24) is 10.2 Å². The van der Waals surface area contributed by atoms with E-state index in [1.165, 1.54) is 0 Å². The average molecular weight is 396 g/mol. The van der Waals surface area contributed by atoms with Gasteiger partial charge in [-0.3, -0.25) is 9.59 Å². The third-order valence-electron chi connectivity index (χ3n) is 4.92. The summed E-state index contributed by atoms with van der Waals surface area (Å²) in [6.07, 6.45) is 2.12. The normalized spacial score (nSPS) is 24.1. The second kappa shape index (κ2) is 8.91. The summed E-state index contributed by atoms with van der Waals surface area (Å²) in [6, 6.07) is 7.87. The smallest absolute Gasteiger partial charge is 0.229 e. The molecule has 0 bridgehead atoms. The highest BCUT2D eigenvalue weighted by molar-refractivity contribution is 8.10. The van der Waals surface area contributed by atoms with E-state index in [2.05, 4.69) is 9.71 Å². The van der Waals surface area contributed by atoms with Crippen molar-refractivity contribution in [1.29, 1.82) is 0 Å². The van der Waals surface area contributed by atoms with Crippen molar-refractivity contribution < 1.29 is 9.59 Å². The summed E-state index contributed by atoms with van der Waals surface area (Å²) in [7, 11) is 1.76. The number of amides is 1. The minimum atomic E-state index is -0.543. The molecule has 2 atom stereocenters. The van der Waals surface area contributed by atoms with Crippen LogP contribution in [-0.4, -0.2) is 35.4 Å². The zero-order valence-electron chi connectivity index (χ0n) is 15.7. The van der Waals surface area contributed by atoms with E-state index >= 15 is 0 Å². The van der Waals surface area contributed by atoms with Crippen molar-refractivity contribution in [2.45, 2.75) is 52.1 Å². The Bertz CT molecular complexity index is 678. The number of nitrogens with zero attached hydrogens (tertiary/aromatic N) is 2. The maximum absolute atomic E-state index is 13.4. The van der Waals surface area contributed by atoms with Crippen LogP contribution in [0, 0.1) is 5.41 Å². The van der Waals surface area contributed by atoms with Gasteiger partial charge in [0, 0.05) is 36.5 Å². The van der Waals surface area contributed by atoms with E-state index in [1.807, 2.05) is 49.9 Å². The lowest BCUT2D eigenvalue weighted by Gasteiger charge is -2.47. The molecule has 0 saturated carbocycles. The van der Waals surface area contributed by atoms with Gasteiger partial charge in [0.1, 0.15) is 5.84 Å². The van der Waals surface area contributed by atoms with Gasteiger partial charge in [0.2, 0.25) is 5.91 Å². The van der Waals surface area contributed by atoms with Gasteiger partial charge in [0.15, 0.2) is 5.62 Å². The number of carbonyl (C=O) groups excluding carboxylic acids is 2. The highest BCUT2D eigenvalue weighted by Gasteiger charge is 2.45. The number of piperidine rings is 1. The Labute approximate surface area is 164 Å². The van der Waals surface area contributed by atoms with Gasteiger partial charge in [-0.25, -0.2) is 0 Å². The molecule has 1 aliphatic rings. The first-order valence-corrected chi connectivity index (χ1v) is 9.96. The van der Waals surface area contributed by atoms with Gasteiger partial charge in [0.25, 0.3) is 0 Å². The van der Waals surface area contributed by atoms with Crippen molar-refractivity contribution >= 4 is 40.9 Å². The third-order valence-corrected chi connectivity index (χ3v) is 5.58. The van der Waals surface area contributed by atoms with E-state index in [9.17, 15) is 9.59 Å². The molecule has 142 valence electrons. The van der Waals surface area contributed by atoms with Crippen LogP contribution in [0.4, 0.5) is 0 Å². The fraction of sp³-hybridized carbons (Fsp3) is 0.526. The van der Waals surface area contributed by atoms with Crippen LogP contribution in [-0.2, 0) is 9.59 Å². The van der Waals surface area contributed by atoms with Crippen molar-refractivity contribution in [3.8, 4) is 0 Å². The number of hydrogen-bond acceptors (Lipinski definition) is 4. The fourth-order valence-electron chi connectivity index (χ4n) is 3.55. The van der Waals surface area contributed by atoms with Crippen LogP contribution >= 0.6 is 23.5 Å². The number of nitrogens with one attached hydrogen (secondary N) is 1. The molecule has 2 rings (SSSR count). The molecule has 1 amide bonds. The molecule has 0 spiro atoms. The minimum Gasteiger partial charge on any atom is -0.376 e. The summed E-state index contributed by atoms with van der Waals surface area (Å²) in [4.78, 5) is 26.0.